The van der Waals surface area contributed by atoms with E-state index in [1.54, 1.807) is 16.2 Å². The molecule has 51 heavy (non-hydrogen) atoms. The minimum Gasteiger partial charge on any atom is -0.444 e. The third-order valence-corrected chi connectivity index (χ3v) is 10.5. The number of hydrogen-bond acceptors (Lipinski definition) is 7. The van der Waals surface area contributed by atoms with E-state index in [4.69, 9.17) is 14.5 Å². The van der Waals surface area contributed by atoms with E-state index in [-0.39, 0.29) is 24.3 Å². The molecule has 0 spiro atoms. The highest BCUT2D eigenvalue weighted by Crippen LogP contribution is 2.40. The fraction of sp³-hybridized carbons (Fsp3) is 0.450. The molecule has 4 atom stereocenters. The summed E-state index contributed by atoms with van der Waals surface area (Å²) in [5.41, 5.74) is 5.22. The summed E-state index contributed by atoms with van der Waals surface area (Å²) in [4.78, 5) is 48.2. The van der Waals surface area contributed by atoms with Gasteiger partial charge in [0.25, 0.3) is 0 Å². The van der Waals surface area contributed by atoms with Gasteiger partial charge in [0.1, 0.15) is 27.7 Å². The molecule has 268 valence electrons. The summed E-state index contributed by atoms with van der Waals surface area (Å²) in [5, 5.41) is 0. The molecule has 0 bridgehead atoms. The number of H-pyrrole nitrogens is 2. The summed E-state index contributed by atoms with van der Waals surface area (Å²) in [5.74, 6) is 2.34. The van der Waals surface area contributed by atoms with Gasteiger partial charge in [0.15, 0.2) is 0 Å². The molecule has 5 heterocycles. The Morgan fingerprint density at radius 2 is 1.22 bits per heavy atom. The van der Waals surface area contributed by atoms with Crippen LogP contribution in [0.25, 0.3) is 43.2 Å². The molecular formula is C40H48N6O4S. The first-order valence-electron chi connectivity index (χ1n) is 17.8. The Morgan fingerprint density at radius 1 is 0.725 bits per heavy atom. The second-order valence-electron chi connectivity index (χ2n) is 16.3. The topological polar surface area (TPSA) is 116 Å². The second kappa shape index (κ2) is 13.2. The number of imidazole rings is 2. The van der Waals surface area contributed by atoms with Gasteiger partial charge in [-0.1, -0.05) is 62.4 Å². The molecule has 11 heteroatoms. The molecule has 2 N–H and O–H groups in total. The van der Waals surface area contributed by atoms with Crippen molar-refractivity contribution >= 4 is 33.9 Å². The highest BCUT2D eigenvalue weighted by atomic mass is 32.1. The van der Waals surface area contributed by atoms with Crippen molar-refractivity contribution in [1.82, 2.24) is 29.7 Å². The number of amides is 2. The fourth-order valence-electron chi connectivity index (χ4n) is 7.11. The Hall–Kier alpha value is -4.64. The summed E-state index contributed by atoms with van der Waals surface area (Å²) < 4.78 is 11.4. The molecule has 2 amide bonds. The Morgan fingerprint density at radius 3 is 1.73 bits per heavy atom. The minimum atomic E-state index is -0.547. The highest BCUT2D eigenvalue weighted by molar-refractivity contribution is 7.21. The number of aromatic amines is 2. The molecule has 2 fully saturated rings. The lowest BCUT2D eigenvalue weighted by molar-refractivity contribution is 0.0204. The Kier molecular flexibility index (Phi) is 8.98. The molecule has 2 aliphatic heterocycles. The summed E-state index contributed by atoms with van der Waals surface area (Å²) in [6, 6.07) is 18.9. The number of ether oxygens (including phenoxy) is 2. The Balaban J connectivity index is 1.02. The molecule has 0 saturated carbocycles. The van der Waals surface area contributed by atoms with Gasteiger partial charge in [-0.3, -0.25) is 9.80 Å². The smallest absolute Gasteiger partial charge is 0.410 e. The van der Waals surface area contributed by atoms with Crippen LogP contribution in [0.15, 0.2) is 60.8 Å². The molecular weight excluding hydrogens is 661 g/mol. The maximum absolute atomic E-state index is 13.0. The molecule has 2 aliphatic rings. The SMILES string of the molecule is C[C@H]1CC(c2nc3sc(-c4ccc(-c5ccc(-c6cnc([C@@H]7C[C@H](C)CN7C(=O)OC(C)(C)C)[nH]6)cc5)cc4)cc3[nH]2)N(C(=O)OC(C)(C)C)C1. The van der Waals surface area contributed by atoms with Gasteiger partial charge < -0.3 is 19.4 Å². The van der Waals surface area contributed by atoms with E-state index in [1.807, 2.05) is 52.6 Å². The average Bonchev–Trinajstić information content (AvgIpc) is 3.87. The standard InChI is InChI=1S/C40H48N6O4S/c1-23-17-31(45(21-23)37(47)49-39(3,4)5)34-41-20-30(43-34)27-13-9-25(10-14-27)26-11-15-28(16-12-26)33-19-29-36(51-33)44-35(42-29)32-18-24(2)22-46(32)38(48)50-40(6,7)8/h9-16,19-20,23-24,31-32H,17-18,21-22H2,1-8H3,(H,41,43)(H,42,44)/t23-,24-,31-,32?/m0/s1. The van der Waals surface area contributed by atoms with Crippen LogP contribution in [0, 0.1) is 11.8 Å². The van der Waals surface area contributed by atoms with Crippen LogP contribution in [0.4, 0.5) is 9.59 Å². The molecule has 3 aromatic heterocycles. The van der Waals surface area contributed by atoms with E-state index in [1.165, 1.54) is 0 Å². The van der Waals surface area contributed by atoms with Gasteiger partial charge in [-0.2, -0.15) is 0 Å². The number of thiophene rings is 1. The number of carbonyl (C=O) groups is 2. The Labute approximate surface area is 303 Å². The van der Waals surface area contributed by atoms with Crippen molar-refractivity contribution in [2.24, 2.45) is 11.8 Å². The van der Waals surface area contributed by atoms with Gasteiger partial charge >= 0.3 is 12.2 Å². The molecule has 0 aliphatic carbocycles. The van der Waals surface area contributed by atoms with Crippen molar-refractivity contribution < 1.29 is 19.1 Å². The largest absolute Gasteiger partial charge is 0.444 e. The van der Waals surface area contributed by atoms with Crippen molar-refractivity contribution in [2.45, 2.75) is 91.5 Å². The van der Waals surface area contributed by atoms with Gasteiger partial charge in [-0.25, -0.2) is 19.6 Å². The van der Waals surface area contributed by atoms with Gasteiger partial charge in [-0.05, 0) is 94.5 Å². The zero-order valence-corrected chi connectivity index (χ0v) is 31.6. The van der Waals surface area contributed by atoms with Crippen LogP contribution in [0.2, 0.25) is 0 Å². The first-order chi connectivity index (χ1) is 24.1. The summed E-state index contributed by atoms with van der Waals surface area (Å²) in [6.07, 6.45) is 2.96. The van der Waals surface area contributed by atoms with E-state index in [0.717, 1.165) is 67.7 Å². The average molecular weight is 709 g/mol. The van der Waals surface area contributed by atoms with Crippen molar-refractivity contribution in [3.8, 4) is 32.8 Å². The number of benzene rings is 2. The van der Waals surface area contributed by atoms with E-state index in [0.29, 0.717) is 24.9 Å². The third kappa shape index (κ3) is 7.54. The molecule has 1 unspecified atom stereocenters. The maximum atomic E-state index is 13.0. The lowest BCUT2D eigenvalue weighted by Gasteiger charge is -2.27. The van der Waals surface area contributed by atoms with Gasteiger partial charge in [0, 0.05) is 18.0 Å². The summed E-state index contributed by atoms with van der Waals surface area (Å²) >= 11 is 1.65. The Bertz CT molecular complexity index is 2000. The summed E-state index contributed by atoms with van der Waals surface area (Å²) in [7, 11) is 0. The number of nitrogens with one attached hydrogen (secondary N) is 2. The summed E-state index contributed by atoms with van der Waals surface area (Å²) in [6.45, 7) is 17.0. The lowest BCUT2D eigenvalue weighted by atomic mass is 10.0. The number of fused-ring (bicyclic) bond motifs is 1. The van der Waals surface area contributed by atoms with Crippen LogP contribution in [-0.2, 0) is 9.47 Å². The minimum absolute atomic E-state index is 0.121. The first-order valence-corrected chi connectivity index (χ1v) is 18.7. The van der Waals surface area contributed by atoms with Crippen molar-refractivity contribution in [3.63, 3.8) is 0 Å². The highest BCUT2D eigenvalue weighted by Gasteiger charge is 2.39. The molecule has 0 radical (unpaired) electrons. The molecule has 2 saturated heterocycles. The predicted molar refractivity (Wildman–Crippen MR) is 201 cm³/mol. The van der Waals surface area contributed by atoms with Crippen LogP contribution in [-0.4, -0.2) is 66.2 Å². The van der Waals surface area contributed by atoms with Crippen molar-refractivity contribution in [1.29, 1.82) is 0 Å². The van der Waals surface area contributed by atoms with Crippen LogP contribution in [0.1, 0.15) is 92.0 Å². The van der Waals surface area contributed by atoms with Crippen LogP contribution >= 0.6 is 11.3 Å². The molecule has 5 aromatic rings. The number of nitrogens with zero attached hydrogens (tertiary/aromatic N) is 4. The number of likely N-dealkylation sites (tertiary alicyclic amines) is 2. The monoisotopic (exact) mass is 708 g/mol. The van der Waals surface area contributed by atoms with Crippen LogP contribution < -0.4 is 0 Å². The fourth-order valence-corrected chi connectivity index (χ4v) is 8.11. The first kappa shape index (κ1) is 34.8. The lowest BCUT2D eigenvalue weighted by Crippen LogP contribution is -2.37. The molecule has 2 aromatic carbocycles. The van der Waals surface area contributed by atoms with Crippen molar-refractivity contribution in [2.75, 3.05) is 13.1 Å². The molecule has 7 rings (SSSR count). The van der Waals surface area contributed by atoms with Gasteiger partial charge in [-0.15, -0.1) is 11.3 Å². The zero-order valence-electron chi connectivity index (χ0n) is 30.7. The maximum Gasteiger partial charge on any atom is 0.410 e. The third-order valence-electron chi connectivity index (χ3n) is 9.40. The number of hydrogen-bond donors (Lipinski definition) is 2. The zero-order chi connectivity index (χ0) is 36.2. The van der Waals surface area contributed by atoms with Gasteiger partial charge in [0.2, 0.25) is 0 Å². The van der Waals surface area contributed by atoms with Crippen molar-refractivity contribution in [3.05, 3.63) is 72.4 Å². The predicted octanol–water partition coefficient (Wildman–Crippen LogP) is 9.98. The number of aromatic nitrogens is 4. The second-order valence-corrected chi connectivity index (χ2v) is 17.3. The van der Waals surface area contributed by atoms with E-state index in [9.17, 15) is 9.59 Å². The number of carbonyl (C=O) groups excluding carboxylic acids is 2. The van der Waals surface area contributed by atoms with E-state index in [2.05, 4.69) is 83.4 Å². The van der Waals surface area contributed by atoms with Crippen LogP contribution in [0.3, 0.4) is 0 Å². The van der Waals surface area contributed by atoms with Gasteiger partial charge in [0.05, 0.1) is 29.5 Å². The number of rotatable bonds is 5. The van der Waals surface area contributed by atoms with E-state index >= 15 is 0 Å². The normalized spacial score (nSPS) is 21.1. The quantitative estimate of drug-likeness (QED) is 0.188. The van der Waals surface area contributed by atoms with Crippen LogP contribution in [0.5, 0.6) is 0 Å². The van der Waals surface area contributed by atoms with E-state index < -0.39 is 11.2 Å². The molecule has 10 nitrogen and oxygen atoms in total.